The summed E-state index contributed by atoms with van der Waals surface area (Å²) in [4.78, 5) is 29.4. The van der Waals surface area contributed by atoms with E-state index in [0.29, 0.717) is 24.5 Å². The van der Waals surface area contributed by atoms with Gasteiger partial charge in [-0.25, -0.2) is 4.79 Å². The molecule has 5 nitrogen and oxygen atoms in total. The minimum absolute atomic E-state index is 0.00117. The third-order valence-electron chi connectivity index (χ3n) is 5.18. The van der Waals surface area contributed by atoms with Gasteiger partial charge in [-0.15, -0.1) is 0 Å². The van der Waals surface area contributed by atoms with Crippen molar-refractivity contribution in [3.05, 3.63) is 46.2 Å². The van der Waals surface area contributed by atoms with Gasteiger partial charge in [0.15, 0.2) is 0 Å². The zero-order valence-corrected chi connectivity index (χ0v) is 13.9. The third kappa shape index (κ3) is 3.03. The molecule has 1 heterocycles. The largest absolute Gasteiger partial charge is 0.334 e. The number of hydrogen-bond donors (Lipinski definition) is 2. The van der Waals surface area contributed by atoms with Crippen LogP contribution in [0.15, 0.2) is 35.1 Å². The molecule has 126 valence electrons. The lowest BCUT2D eigenvalue weighted by molar-refractivity contribution is 0.166. The first-order valence-corrected chi connectivity index (χ1v) is 8.80. The maximum absolute atomic E-state index is 12.7. The van der Waals surface area contributed by atoms with Crippen molar-refractivity contribution in [2.75, 3.05) is 0 Å². The average Bonchev–Trinajstić information content (AvgIpc) is 3.45. The molecule has 2 amide bonds. The topological polar surface area (TPSA) is 65.2 Å². The van der Waals surface area contributed by atoms with Gasteiger partial charge in [-0.05, 0) is 50.2 Å². The highest BCUT2D eigenvalue weighted by Gasteiger charge is 2.41. The first kappa shape index (κ1) is 15.2. The second-order valence-corrected chi connectivity index (χ2v) is 7.08. The predicted molar refractivity (Wildman–Crippen MR) is 93.9 cm³/mol. The normalized spacial score (nSPS) is 18.4. The van der Waals surface area contributed by atoms with Crippen molar-refractivity contribution in [1.82, 2.24) is 15.2 Å². The van der Waals surface area contributed by atoms with E-state index in [1.165, 1.54) is 12.8 Å². The van der Waals surface area contributed by atoms with Crippen molar-refractivity contribution >= 4 is 16.9 Å². The van der Waals surface area contributed by atoms with E-state index in [-0.39, 0.29) is 11.6 Å². The Balaban J connectivity index is 1.51. The number of carbonyl (C=O) groups is 1. The maximum Gasteiger partial charge on any atom is 0.318 e. The molecule has 0 spiro atoms. The van der Waals surface area contributed by atoms with Gasteiger partial charge in [0.25, 0.3) is 0 Å². The Morgan fingerprint density at radius 3 is 2.75 bits per heavy atom. The van der Waals surface area contributed by atoms with Crippen LogP contribution in [0.1, 0.15) is 38.2 Å². The number of rotatable bonds is 5. The van der Waals surface area contributed by atoms with E-state index in [0.717, 1.165) is 29.3 Å². The molecule has 0 aliphatic heterocycles. The molecule has 0 unspecified atom stereocenters. The number of H-pyrrole nitrogens is 1. The summed E-state index contributed by atoms with van der Waals surface area (Å²) in [7, 11) is 0. The highest BCUT2D eigenvalue weighted by molar-refractivity contribution is 5.82. The molecule has 2 fully saturated rings. The summed E-state index contributed by atoms with van der Waals surface area (Å²) < 4.78 is 0. The van der Waals surface area contributed by atoms with Gasteiger partial charge >= 0.3 is 6.03 Å². The fourth-order valence-electron chi connectivity index (χ4n) is 3.53. The van der Waals surface area contributed by atoms with E-state index in [1.54, 1.807) is 6.07 Å². The van der Waals surface area contributed by atoms with Gasteiger partial charge in [-0.3, -0.25) is 4.79 Å². The number of nitrogens with one attached hydrogen (secondary N) is 2. The van der Waals surface area contributed by atoms with Gasteiger partial charge in [-0.2, -0.15) is 0 Å². The lowest BCUT2D eigenvalue weighted by Gasteiger charge is -2.29. The molecule has 2 saturated carbocycles. The summed E-state index contributed by atoms with van der Waals surface area (Å²) in [5.41, 5.74) is 1.53. The quantitative estimate of drug-likeness (QED) is 0.887. The molecule has 1 aromatic heterocycles. The van der Waals surface area contributed by atoms with Gasteiger partial charge in [0.2, 0.25) is 5.56 Å². The average molecular weight is 325 g/mol. The number of benzene rings is 1. The van der Waals surface area contributed by atoms with Gasteiger partial charge in [0.05, 0.1) is 0 Å². The van der Waals surface area contributed by atoms with Crippen LogP contribution >= 0.6 is 0 Å². The minimum atomic E-state index is -0.136. The fraction of sp³-hybridized carbons (Fsp3) is 0.474. The molecule has 24 heavy (non-hydrogen) atoms. The van der Waals surface area contributed by atoms with E-state index >= 15 is 0 Å². The van der Waals surface area contributed by atoms with E-state index in [1.807, 2.05) is 29.2 Å². The van der Waals surface area contributed by atoms with Crippen molar-refractivity contribution in [2.45, 2.75) is 51.2 Å². The van der Waals surface area contributed by atoms with Crippen molar-refractivity contribution < 1.29 is 4.79 Å². The monoisotopic (exact) mass is 325 g/mol. The summed E-state index contributed by atoms with van der Waals surface area (Å²) in [6.07, 6.45) is 4.68. The second-order valence-electron chi connectivity index (χ2n) is 7.08. The lowest BCUT2D eigenvalue weighted by atomic mass is 10.1. The summed E-state index contributed by atoms with van der Waals surface area (Å²) >= 11 is 0. The van der Waals surface area contributed by atoms with Gasteiger partial charge in [0.1, 0.15) is 0 Å². The number of carbonyl (C=O) groups excluding carboxylic acids is 1. The predicted octanol–water partition coefficient (Wildman–Crippen LogP) is 3.00. The molecule has 2 aliphatic rings. The van der Waals surface area contributed by atoms with Crippen molar-refractivity contribution in [2.24, 2.45) is 5.92 Å². The smallest absolute Gasteiger partial charge is 0.318 e. The fourth-order valence-corrected chi connectivity index (χ4v) is 3.53. The van der Waals surface area contributed by atoms with E-state index in [2.05, 4.69) is 17.2 Å². The Morgan fingerprint density at radius 1 is 1.29 bits per heavy atom. The molecule has 2 N–H and O–H groups in total. The van der Waals surface area contributed by atoms with Crippen LogP contribution in [-0.2, 0) is 6.54 Å². The molecule has 0 saturated heterocycles. The molecule has 4 rings (SSSR count). The zero-order valence-electron chi connectivity index (χ0n) is 13.9. The Labute approximate surface area is 141 Å². The molecule has 2 aliphatic carbocycles. The standard InChI is InChI=1S/C19H23N3O2/c1-12(13-6-7-13)22(15-8-9-15)19(24)20-11-14-10-18(23)21-17-5-3-2-4-16(14)17/h2-5,10,12-13,15H,6-9,11H2,1H3,(H,20,24)(H,21,23)/t12-/m0/s1. The number of aromatic nitrogens is 1. The van der Waals surface area contributed by atoms with Crippen LogP contribution in [0.25, 0.3) is 10.9 Å². The van der Waals surface area contributed by atoms with Gasteiger partial charge in [0, 0.05) is 35.6 Å². The lowest BCUT2D eigenvalue weighted by Crippen LogP contribution is -2.47. The Bertz CT molecular complexity index is 821. The van der Waals surface area contributed by atoms with Crippen LogP contribution in [0.5, 0.6) is 0 Å². The molecule has 0 bridgehead atoms. The highest BCUT2D eigenvalue weighted by Crippen LogP contribution is 2.39. The maximum atomic E-state index is 12.7. The van der Waals surface area contributed by atoms with E-state index in [4.69, 9.17) is 0 Å². The number of pyridine rings is 1. The summed E-state index contributed by atoms with van der Waals surface area (Å²) in [5.74, 6) is 0.664. The summed E-state index contributed by atoms with van der Waals surface area (Å²) in [6, 6.07) is 9.98. The third-order valence-corrected chi connectivity index (χ3v) is 5.18. The number of para-hydroxylation sites is 1. The van der Waals surface area contributed by atoms with E-state index in [9.17, 15) is 9.59 Å². The number of fused-ring (bicyclic) bond motifs is 1. The van der Waals surface area contributed by atoms with Crippen molar-refractivity contribution in [1.29, 1.82) is 0 Å². The SMILES string of the molecule is C[C@@H](C1CC1)N(C(=O)NCc1cc(=O)[nH]c2ccccc12)C1CC1. The van der Waals surface area contributed by atoms with Crippen LogP contribution in [0, 0.1) is 5.92 Å². The molecular weight excluding hydrogens is 302 g/mol. The van der Waals surface area contributed by atoms with Crippen LogP contribution in [0.2, 0.25) is 0 Å². The van der Waals surface area contributed by atoms with Crippen LogP contribution in [-0.4, -0.2) is 28.0 Å². The number of amides is 2. The van der Waals surface area contributed by atoms with Crippen LogP contribution in [0.3, 0.4) is 0 Å². The van der Waals surface area contributed by atoms with E-state index < -0.39 is 0 Å². The first-order chi connectivity index (χ1) is 11.6. The Kier molecular flexibility index (Phi) is 3.79. The number of hydrogen-bond acceptors (Lipinski definition) is 2. The molecule has 1 atom stereocenters. The molecular formula is C19H23N3O2. The van der Waals surface area contributed by atoms with Crippen LogP contribution < -0.4 is 10.9 Å². The number of urea groups is 1. The second kappa shape index (κ2) is 5.96. The molecule has 0 radical (unpaired) electrons. The summed E-state index contributed by atoms with van der Waals surface area (Å²) in [6.45, 7) is 2.54. The molecule has 2 aromatic rings. The van der Waals surface area contributed by atoms with Crippen LogP contribution in [0.4, 0.5) is 4.79 Å². The van der Waals surface area contributed by atoms with Crippen molar-refractivity contribution in [3.63, 3.8) is 0 Å². The number of nitrogens with zero attached hydrogens (tertiary/aromatic N) is 1. The highest BCUT2D eigenvalue weighted by atomic mass is 16.2. The van der Waals surface area contributed by atoms with Crippen molar-refractivity contribution in [3.8, 4) is 0 Å². The minimum Gasteiger partial charge on any atom is -0.334 e. The zero-order chi connectivity index (χ0) is 16.7. The Morgan fingerprint density at radius 2 is 2.04 bits per heavy atom. The number of aromatic amines is 1. The van der Waals surface area contributed by atoms with Gasteiger partial charge in [-0.1, -0.05) is 18.2 Å². The summed E-state index contributed by atoms with van der Waals surface area (Å²) in [5, 5.41) is 4.01. The Hall–Kier alpha value is -2.30. The van der Waals surface area contributed by atoms with Gasteiger partial charge < -0.3 is 15.2 Å². The molecule has 5 heteroatoms. The first-order valence-electron chi connectivity index (χ1n) is 8.80. The molecule has 1 aromatic carbocycles.